The molecule has 0 saturated heterocycles. The molecule has 28 heteroatoms. The molecule has 0 bridgehead atoms. The molecular weight excluding hydrogens is 924 g/mol. The zero-order valence-corrected chi connectivity index (χ0v) is 34.7. The summed E-state index contributed by atoms with van der Waals surface area (Å²) < 4.78 is 153. The van der Waals surface area contributed by atoms with Crippen molar-refractivity contribution in [1.82, 2.24) is 42.5 Å². The van der Waals surface area contributed by atoms with Gasteiger partial charge in [-0.3, -0.25) is 38.4 Å². The van der Waals surface area contributed by atoms with Crippen LogP contribution in [0.5, 0.6) is 0 Å². The minimum atomic E-state index is -5.52. The lowest BCUT2D eigenvalue weighted by atomic mass is 10.0. The van der Waals surface area contributed by atoms with Crippen molar-refractivity contribution in [2.75, 3.05) is 26.2 Å². The van der Waals surface area contributed by atoms with E-state index in [-0.39, 0.29) is 71.0 Å². The highest BCUT2D eigenvalue weighted by atomic mass is 19.4. The maximum absolute atomic E-state index is 13.3. The zero-order chi connectivity index (χ0) is 50.3. The van der Waals surface area contributed by atoms with E-state index in [1.165, 1.54) is 21.3 Å². The number of unbranched alkanes of at least 4 members (excludes halogenated alkanes) is 3. The number of alkyl halides is 12. The van der Waals surface area contributed by atoms with Gasteiger partial charge in [0.2, 0.25) is 23.6 Å². The average molecular weight is 973 g/mol. The number of benzene rings is 1. The minimum absolute atomic E-state index is 0.0968. The van der Waals surface area contributed by atoms with Crippen LogP contribution in [0.2, 0.25) is 0 Å². The van der Waals surface area contributed by atoms with Crippen LogP contribution in [0.3, 0.4) is 0 Å². The highest BCUT2D eigenvalue weighted by Gasteiger charge is 2.43. The Bertz CT molecular complexity index is 1810. The van der Waals surface area contributed by atoms with E-state index in [4.69, 9.17) is 0 Å². The summed E-state index contributed by atoms with van der Waals surface area (Å²) >= 11 is 0. The van der Waals surface area contributed by atoms with Crippen molar-refractivity contribution >= 4 is 53.3 Å². The van der Waals surface area contributed by atoms with Gasteiger partial charge in [0, 0.05) is 39.1 Å². The molecule has 0 radical (unpaired) electrons. The standard InChI is InChI=1S/C38H48F12N8O8/c1-2-22-12-14-23(15-13-22)21-55-27(59)16-20-52-28(60)24(56-30(62)26(58-34(66)38(48,49)50)11-5-8-19-54-32(64)36(42,43)44)9-3-6-17-51-29(61)25(57-33(65)37(45,46)47)10-4-7-18-53-31(63)35(39,40)41/h2,12-15,24-26H,1,3-11,16-21H2,(H,51,61)(H,52,60)(H,53,63)(H,54,64)(H,55,59)(H,56,62)(H,57,65)(H,58,66)/t24-,25-,26-/m1/s1. The Balaban J connectivity index is 3.06. The van der Waals surface area contributed by atoms with Gasteiger partial charge in [-0.2, -0.15) is 52.7 Å². The van der Waals surface area contributed by atoms with Crippen molar-refractivity contribution in [3.05, 3.63) is 42.0 Å². The molecule has 66 heavy (non-hydrogen) atoms. The fourth-order valence-corrected chi connectivity index (χ4v) is 5.40. The molecule has 1 aromatic carbocycles. The summed E-state index contributed by atoms with van der Waals surface area (Å²) in [6.07, 6.45) is -23.1. The van der Waals surface area contributed by atoms with Gasteiger partial charge >= 0.3 is 48.3 Å². The van der Waals surface area contributed by atoms with Gasteiger partial charge in [-0.05, 0) is 68.9 Å². The third kappa shape index (κ3) is 23.7. The lowest BCUT2D eigenvalue weighted by Crippen LogP contribution is -2.55. The molecule has 1 rings (SSSR count). The molecular formula is C38H48F12N8O8. The van der Waals surface area contributed by atoms with E-state index in [9.17, 15) is 91.0 Å². The number of amides is 8. The van der Waals surface area contributed by atoms with E-state index in [0.717, 1.165) is 5.56 Å². The smallest absolute Gasteiger partial charge is 0.354 e. The Hall–Kier alpha value is -6.12. The molecule has 1 aromatic rings. The van der Waals surface area contributed by atoms with Gasteiger partial charge in [-0.25, -0.2) is 0 Å². The predicted octanol–water partition coefficient (Wildman–Crippen LogP) is 3.02. The van der Waals surface area contributed by atoms with Crippen LogP contribution in [0.1, 0.15) is 75.3 Å². The lowest BCUT2D eigenvalue weighted by molar-refractivity contribution is -0.174. The molecule has 0 fully saturated rings. The first-order chi connectivity index (χ1) is 30.6. The molecule has 0 spiro atoms. The molecule has 8 amide bonds. The Labute approximate surface area is 368 Å². The van der Waals surface area contributed by atoms with Gasteiger partial charge in [0.05, 0.1) is 0 Å². The fourth-order valence-electron chi connectivity index (χ4n) is 5.40. The van der Waals surface area contributed by atoms with Gasteiger partial charge in [-0.15, -0.1) is 0 Å². The van der Waals surface area contributed by atoms with E-state index in [2.05, 4.69) is 27.8 Å². The first kappa shape index (κ1) is 57.9. The zero-order valence-electron chi connectivity index (χ0n) is 34.7. The van der Waals surface area contributed by atoms with Crippen LogP contribution in [0.4, 0.5) is 52.7 Å². The third-order valence-corrected chi connectivity index (χ3v) is 8.89. The largest absolute Gasteiger partial charge is 0.471 e. The van der Waals surface area contributed by atoms with Crippen molar-refractivity contribution < 1.29 is 91.0 Å². The van der Waals surface area contributed by atoms with Crippen LogP contribution in [0, 0.1) is 0 Å². The maximum atomic E-state index is 13.3. The third-order valence-electron chi connectivity index (χ3n) is 8.89. The Morgan fingerprint density at radius 3 is 1.21 bits per heavy atom. The summed E-state index contributed by atoms with van der Waals surface area (Å²) in [4.78, 5) is 97.1. The molecule has 0 aliphatic heterocycles. The summed E-state index contributed by atoms with van der Waals surface area (Å²) in [5.41, 5.74) is 1.53. The van der Waals surface area contributed by atoms with E-state index < -0.39 is 116 Å². The number of halogens is 12. The number of nitrogens with one attached hydrogen (secondary N) is 8. The molecule has 0 aliphatic carbocycles. The molecule has 0 aliphatic rings. The van der Waals surface area contributed by atoms with Crippen LogP contribution in [0.15, 0.2) is 30.8 Å². The summed E-state index contributed by atoms with van der Waals surface area (Å²) in [6.45, 7) is 1.80. The van der Waals surface area contributed by atoms with Crippen LogP contribution >= 0.6 is 0 Å². The van der Waals surface area contributed by atoms with E-state index in [0.29, 0.717) is 5.56 Å². The van der Waals surface area contributed by atoms with E-state index in [1.54, 1.807) is 30.3 Å². The second kappa shape index (κ2) is 27.4. The molecule has 3 atom stereocenters. The molecule has 0 aromatic heterocycles. The monoisotopic (exact) mass is 972 g/mol. The second-order valence-electron chi connectivity index (χ2n) is 14.2. The van der Waals surface area contributed by atoms with Crippen LogP contribution in [-0.2, 0) is 44.9 Å². The van der Waals surface area contributed by atoms with Gasteiger partial charge in [-0.1, -0.05) is 36.9 Å². The molecule has 0 saturated carbocycles. The number of hydrogen-bond acceptors (Lipinski definition) is 8. The highest BCUT2D eigenvalue weighted by molar-refractivity contribution is 5.93. The van der Waals surface area contributed by atoms with Crippen molar-refractivity contribution in [3.8, 4) is 0 Å². The lowest BCUT2D eigenvalue weighted by Gasteiger charge is -2.24. The number of carbonyl (C=O) groups is 8. The van der Waals surface area contributed by atoms with Gasteiger partial charge < -0.3 is 42.5 Å². The van der Waals surface area contributed by atoms with Crippen LogP contribution in [0.25, 0.3) is 6.08 Å². The van der Waals surface area contributed by atoms with Gasteiger partial charge in [0.15, 0.2) is 0 Å². The number of rotatable bonds is 27. The Kier molecular flexibility index (Phi) is 24.0. The Morgan fingerprint density at radius 1 is 0.455 bits per heavy atom. The molecule has 0 unspecified atom stereocenters. The fraction of sp³-hybridized carbons (Fsp3) is 0.579. The average Bonchev–Trinajstić information content (AvgIpc) is 3.22. The maximum Gasteiger partial charge on any atom is 0.471 e. The van der Waals surface area contributed by atoms with Crippen molar-refractivity contribution in [3.63, 3.8) is 0 Å². The first-order valence-electron chi connectivity index (χ1n) is 19.9. The Morgan fingerprint density at radius 2 is 0.818 bits per heavy atom. The minimum Gasteiger partial charge on any atom is -0.354 e. The van der Waals surface area contributed by atoms with Crippen molar-refractivity contribution in [2.45, 2.75) is 114 Å². The van der Waals surface area contributed by atoms with Crippen LogP contribution in [-0.4, -0.2) is 116 Å². The van der Waals surface area contributed by atoms with Crippen molar-refractivity contribution in [1.29, 1.82) is 0 Å². The normalized spacial score (nSPS) is 13.2. The summed E-state index contributed by atoms with van der Waals surface area (Å²) in [7, 11) is 0. The molecule has 372 valence electrons. The first-order valence-corrected chi connectivity index (χ1v) is 19.9. The topological polar surface area (TPSA) is 233 Å². The van der Waals surface area contributed by atoms with E-state index >= 15 is 0 Å². The van der Waals surface area contributed by atoms with Gasteiger partial charge in [0.25, 0.3) is 0 Å². The highest BCUT2D eigenvalue weighted by Crippen LogP contribution is 2.18. The summed E-state index contributed by atoms with van der Waals surface area (Å²) in [5.74, 6) is -13.8. The SMILES string of the molecule is C=Cc1ccc(CNC(=O)CCNC(=O)[C@@H](CCCCNC(=O)[C@@H](CCCCNC(=O)C(F)(F)F)NC(=O)C(F)(F)F)NC(=O)[C@@H](CCCCNC(=O)C(F)(F)F)NC(=O)C(F)(F)F)cc1. The quantitative estimate of drug-likeness (QED) is 0.0482. The molecule has 0 heterocycles. The van der Waals surface area contributed by atoms with Gasteiger partial charge in [0.1, 0.15) is 18.1 Å². The van der Waals surface area contributed by atoms with Crippen molar-refractivity contribution in [2.24, 2.45) is 0 Å². The summed E-state index contributed by atoms with van der Waals surface area (Å²) in [6, 6.07) is 1.39. The van der Waals surface area contributed by atoms with Crippen LogP contribution < -0.4 is 42.5 Å². The van der Waals surface area contributed by atoms with E-state index in [1.807, 2.05) is 0 Å². The second-order valence-corrected chi connectivity index (χ2v) is 14.2. The predicted molar refractivity (Wildman–Crippen MR) is 207 cm³/mol. The molecule has 16 nitrogen and oxygen atoms in total. The number of hydrogen-bond donors (Lipinski definition) is 8. The number of carbonyl (C=O) groups excluding carboxylic acids is 8. The molecule has 8 N–H and O–H groups in total. The summed E-state index contributed by atoms with van der Waals surface area (Å²) in [5, 5.41) is 15.3.